The summed E-state index contributed by atoms with van der Waals surface area (Å²) in [7, 11) is 1.92. The van der Waals surface area contributed by atoms with Crippen LogP contribution in [-0.2, 0) is 0 Å². The second-order valence-electron chi connectivity index (χ2n) is 7.99. The average molecular weight is 341 g/mol. The smallest absolute Gasteiger partial charge is 0.193 e. The van der Waals surface area contributed by atoms with E-state index in [1.54, 1.807) is 0 Å². The van der Waals surface area contributed by atoms with Gasteiger partial charge in [-0.05, 0) is 43.6 Å². The third kappa shape index (κ3) is 4.55. The van der Waals surface area contributed by atoms with Crippen LogP contribution in [0, 0.1) is 5.92 Å². The first-order chi connectivity index (χ1) is 12.3. The number of likely N-dealkylation sites (tertiary alicyclic amines) is 1. The zero-order valence-electron chi connectivity index (χ0n) is 15.5. The van der Waals surface area contributed by atoms with Crippen molar-refractivity contribution in [2.24, 2.45) is 10.9 Å². The Morgan fingerprint density at radius 1 is 1.16 bits per heavy atom. The number of hydrogen-bond acceptors (Lipinski definition) is 2. The van der Waals surface area contributed by atoms with E-state index in [0.29, 0.717) is 5.92 Å². The molecular formula is C21H32N4. The van der Waals surface area contributed by atoms with E-state index in [2.05, 4.69) is 50.4 Å². The Bertz CT molecular complexity index is 577. The maximum atomic E-state index is 4.54. The molecule has 1 aliphatic heterocycles. The van der Waals surface area contributed by atoms with Crippen molar-refractivity contribution in [3.8, 4) is 0 Å². The van der Waals surface area contributed by atoms with Crippen LogP contribution in [-0.4, -0.2) is 61.6 Å². The van der Waals surface area contributed by atoms with Gasteiger partial charge < -0.3 is 10.2 Å². The number of hydrogen-bond donors (Lipinski definition) is 1. The molecule has 136 valence electrons. The van der Waals surface area contributed by atoms with Crippen LogP contribution in [0.15, 0.2) is 35.3 Å². The second-order valence-corrected chi connectivity index (χ2v) is 7.99. The Kier molecular flexibility index (Phi) is 5.25. The molecule has 2 saturated carbocycles. The summed E-state index contributed by atoms with van der Waals surface area (Å²) in [5.74, 6) is 2.71. The minimum absolute atomic E-state index is 0.637. The molecule has 4 heteroatoms. The predicted octanol–water partition coefficient (Wildman–Crippen LogP) is 2.93. The molecule has 2 aliphatic carbocycles. The minimum Gasteiger partial charge on any atom is -0.355 e. The van der Waals surface area contributed by atoms with Crippen molar-refractivity contribution < 1.29 is 0 Å². The van der Waals surface area contributed by atoms with Crippen molar-refractivity contribution >= 4 is 5.96 Å². The molecule has 1 aromatic carbocycles. The molecule has 3 aliphatic rings. The molecule has 25 heavy (non-hydrogen) atoms. The molecule has 1 heterocycles. The van der Waals surface area contributed by atoms with Gasteiger partial charge in [-0.2, -0.15) is 0 Å². The molecule has 0 aromatic heterocycles. The monoisotopic (exact) mass is 340 g/mol. The van der Waals surface area contributed by atoms with Crippen LogP contribution in [0.5, 0.6) is 0 Å². The first-order valence-corrected chi connectivity index (χ1v) is 10.1. The maximum absolute atomic E-state index is 4.54. The van der Waals surface area contributed by atoms with Crippen molar-refractivity contribution in [2.45, 2.75) is 44.1 Å². The lowest BCUT2D eigenvalue weighted by Crippen LogP contribution is -2.44. The normalized spacial score (nSPS) is 24.2. The van der Waals surface area contributed by atoms with Crippen LogP contribution in [0.1, 0.15) is 43.6 Å². The number of nitrogens with zero attached hydrogens (tertiary/aromatic N) is 3. The summed E-state index contributed by atoms with van der Waals surface area (Å²) in [4.78, 5) is 9.69. The van der Waals surface area contributed by atoms with Gasteiger partial charge in [0.25, 0.3) is 0 Å². The molecule has 4 nitrogen and oxygen atoms in total. The summed E-state index contributed by atoms with van der Waals surface area (Å²) < 4.78 is 0. The lowest BCUT2D eigenvalue weighted by molar-refractivity contribution is 0.255. The predicted molar refractivity (Wildman–Crippen MR) is 104 cm³/mol. The Labute approximate surface area is 152 Å². The molecule has 3 fully saturated rings. The Morgan fingerprint density at radius 2 is 1.96 bits per heavy atom. The van der Waals surface area contributed by atoms with Gasteiger partial charge in [-0.15, -0.1) is 0 Å². The van der Waals surface area contributed by atoms with Gasteiger partial charge in [0.2, 0.25) is 0 Å². The van der Waals surface area contributed by atoms with Crippen molar-refractivity contribution in [3.63, 3.8) is 0 Å². The number of aliphatic imine (C=N–C) groups is 1. The van der Waals surface area contributed by atoms with Crippen LogP contribution in [0.3, 0.4) is 0 Å². The highest BCUT2D eigenvalue weighted by molar-refractivity contribution is 5.80. The summed E-state index contributed by atoms with van der Waals surface area (Å²) in [6, 6.07) is 11.8. The van der Waals surface area contributed by atoms with E-state index in [0.717, 1.165) is 44.1 Å². The van der Waals surface area contributed by atoms with E-state index in [4.69, 9.17) is 0 Å². The number of benzene rings is 1. The summed E-state index contributed by atoms with van der Waals surface area (Å²) in [6.07, 6.45) is 6.94. The first-order valence-electron chi connectivity index (χ1n) is 10.1. The second kappa shape index (κ2) is 7.77. The van der Waals surface area contributed by atoms with Crippen molar-refractivity contribution in [2.75, 3.05) is 39.8 Å². The van der Waals surface area contributed by atoms with Crippen LogP contribution >= 0.6 is 0 Å². The molecule has 0 amide bonds. The molecule has 0 spiro atoms. The molecule has 1 N–H and O–H groups in total. The van der Waals surface area contributed by atoms with Crippen LogP contribution in [0.25, 0.3) is 0 Å². The van der Waals surface area contributed by atoms with E-state index in [9.17, 15) is 0 Å². The molecule has 1 saturated heterocycles. The summed E-state index contributed by atoms with van der Waals surface area (Å²) in [5.41, 5.74) is 1.46. The van der Waals surface area contributed by atoms with Gasteiger partial charge in [-0.3, -0.25) is 9.89 Å². The van der Waals surface area contributed by atoms with Crippen LogP contribution < -0.4 is 5.32 Å². The van der Waals surface area contributed by atoms with Gasteiger partial charge in [0, 0.05) is 51.7 Å². The van der Waals surface area contributed by atoms with Gasteiger partial charge in [0.1, 0.15) is 0 Å². The lowest BCUT2D eigenvalue weighted by atomic mass is 9.99. The van der Waals surface area contributed by atoms with Gasteiger partial charge in [0.15, 0.2) is 5.96 Å². The third-order valence-corrected chi connectivity index (χ3v) is 5.91. The van der Waals surface area contributed by atoms with E-state index >= 15 is 0 Å². The largest absolute Gasteiger partial charge is 0.355 e. The first kappa shape index (κ1) is 16.9. The zero-order valence-corrected chi connectivity index (χ0v) is 15.5. The van der Waals surface area contributed by atoms with E-state index in [1.165, 1.54) is 44.2 Å². The highest BCUT2D eigenvalue weighted by atomic mass is 15.3. The van der Waals surface area contributed by atoms with E-state index in [-0.39, 0.29) is 0 Å². The Balaban J connectivity index is 1.25. The van der Waals surface area contributed by atoms with E-state index in [1.807, 2.05) is 7.05 Å². The maximum Gasteiger partial charge on any atom is 0.193 e. The molecular weight excluding hydrogens is 308 g/mol. The molecule has 1 aromatic rings. The summed E-state index contributed by atoms with van der Waals surface area (Å²) in [6.45, 7) is 5.69. The molecule has 0 radical (unpaired) electrons. The van der Waals surface area contributed by atoms with Crippen molar-refractivity contribution in [1.82, 2.24) is 15.1 Å². The third-order valence-electron chi connectivity index (χ3n) is 5.91. The van der Waals surface area contributed by atoms with Gasteiger partial charge >= 0.3 is 0 Å². The SMILES string of the molecule is CN=C(NCCN(CC1CC1)C1CC1)N1CCC(c2ccccc2)C1. The fourth-order valence-corrected chi connectivity index (χ4v) is 4.09. The highest BCUT2D eigenvalue weighted by Crippen LogP contribution is 2.34. The minimum atomic E-state index is 0.637. The van der Waals surface area contributed by atoms with Crippen molar-refractivity contribution in [1.29, 1.82) is 0 Å². The van der Waals surface area contributed by atoms with Crippen LogP contribution in [0.2, 0.25) is 0 Å². The molecule has 4 rings (SSSR count). The molecule has 0 bridgehead atoms. The topological polar surface area (TPSA) is 30.9 Å². The van der Waals surface area contributed by atoms with Gasteiger partial charge in [-0.25, -0.2) is 0 Å². The Morgan fingerprint density at radius 3 is 2.64 bits per heavy atom. The average Bonchev–Trinajstić information content (AvgIpc) is 3.57. The van der Waals surface area contributed by atoms with Gasteiger partial charge in [0.05, 0.1) is 0 Å². The quantitative estimate of drug-likeness (QED) is 0.612. The lowest BCUT2D eigenvalue weighted by Gasteiger charge is -2.25. The van der Waals surface area contributed by atoms with Crippen LogP contribution in [0.4, 0.5) is 0 Å². The number of nitrogens with one attached hydrogen (secondary N) is 1. The summed E-state index contributed by atoms with van der Waals surface area (Å²) >= 11 is 0. The molecule has 1 unspecified atom stereocenters. The van der Waals surface area contributed by atoms with Crippen molar-refractivity contribution in [3.05, 3.63) is 35.9 Å². The zero-order chi connectivity index (χ0) is 17.1. The fraction of sp³-hybridized carbons (Fsp3) is 0.667. The highest BCUT2D eigenvalue weighted by Gasteiger charge is 2.33. The molecule has 1 atom stereocenters. The van der Waals surface area contributed by atoms with Gasteiger partial charge in [-0.1, -0.05) is 30.3 Å². The summed E-state index contributed by atoms with van der Waals surface area (Å²) in [5, 5.41) is 3.62. The number of rotatable bonds is 7. The Hall–Kier alpha value is -1.55. The fourth-order valence-electron chi connectivity index (χ4n) is 4.09. The standard InChI is InChI=1S/C21H32N4/c1-22-21(23-12-14-24(20-9-10-20)15-17-7-8-17)25-13-11-19(16-25)18-5-3-2-4-6-18/h2-6,17,19-20H,7-16H2,1H3,(H,22,23). The van der Waals surface area contributed by atoms with E-state index < -0.39 is 0 Å². The number of guanidine groups is 1.